The van der Waals surface area contributed by atoms with Crippen LogP contribution in [0.1, 0.15) is 12.5 Å². The summed E-state index contributed by atoms with van der Waals surface area (Å²) in [4.78, 5) is 12.1. The predicted octanol–water partition coefficient (Wildman–Crippen LogP) is 0.483. The minimum atomic E-state index is -3.69. The SMILES string of the molecule is CC(Cn1cccn1)C(=O)NCc1ccc(S(N)(=O)=O)cc1. The molecule has 7 nitrogen and oxygen atoms in total. The summed E-state index contributed by atoms with van der Waals surface area (Å²) in [6.07, 6.45) is 3.47. The van der Waals surface area contributed by atoms with Crippen molar-refractivity contribution in [2.24, 2.45) is 11.1 Å². The minimum Gasteiger partial charge on any atom is -0.352 e. The molecular formula is C14H18N4O3S. The molecule has 0 fully saturated rings. The molecule has 2 rings (SSSR count). The predicted molar refractivity (Wildman–Crippen MR) is 81.1 cm³/mol. The van der Waals surface area contributed by atoms with E-state index in [-0.39, 0.29) is 16.7 Å². The first-order valence-corrected chi connectivity index (χ1v) is 8.28. The highest BCUT2D eigenvalue weighted by Gasteiger charge is 2.13. The third-order valence-electron chi connectivity index (χ3n) is 3.19. The average Bonchev–Trinajstić information content (AvgIpc) is 2.97. The molecule has 0 saturated carbocycles. The van der Waals surface area contributed by atoms with Crippen molar-refractivity contribution in [1.82, 2.24) is 15.1 Å². The second kappa shape index (κ2) is 6.71. The second-order valence-corrected chi connectivity index (χ2v) is 6.60. The van der Waals surface area contributed by atoms with E-state index in [0.29, 0.717) is 13.1 Å². The van der Waals surface area contributed by atoms with E-state index in [2.05, 4.69) is 10.4 Å². The summed E-state index contributed by atoms with van der Waals surface area (Å²) in [5.41, 5.74) is 0.798. The van der Waals surface area contributed by atoms with Crippen LogP contribution in [-0.2, 0) is 27.9 Å². The van der Waals surface area contributed by atoms with E-state index in [0.717, 1.165) is 5.56 Å². The number of sulfonamides is 1. The Hall–Kier alpha value is -2.19. The normalized spacial score (nSPS) is 12.8. The van der Waals surface area contributed by atoms with Gasteiger partial charge in [-0.15, -0.1) is 0 Å². The number of rotatable bonds is 6. The first-order chi connectivity index (χ1) is 10.4. The molecule has 1 amide bonds. The molecule has 1 aromatic heterocycles. The van der Waals surface area contributed by atoms with Crippen molar-refractivity contribution in [2.45, 2.75) is 24.9 Å². The molecule has 0 aliphatic rings. The molecule has 1 aromatic carbocycles. The van der Waals surface area contributed by atoms with Gasteiger partial charge in [-0.05, 0) is 23.8 Å². The van der Waals surface area contributed by atoms with E-state index >= 15 is 0 Å². The average molecular weight is 322 g/mol. The smallest absolute Gasteiger partial charge is 0.238 e. The fourth-order valence-corrected chi connectivity index (χ4v) is 2.45. The van der Waals surface area contributed by atoms with Crippen LogP contribution in [0.25, 0.3) is 0 Å². The number of nitrogens with one attached hydrogen (secondary N) is 1. The second-order valence-electron chi connectivity index (χ2n) is 5.04. The number of amides is 1. The molecular weight excluding hydrogens is 304 g/mol. The number of nitrogens with two attached hydrogens (primary N) is 1. The fraction of sp³-hybridized carbons (Fsp3) is 0.286. The monoisotopic (exact) mass is 322 g/mol. The molecule has 0 radical (unpaired) electrons. The molecule has 1 unspecified atom stereocenters. The standard InChI is InChI=1S/C14H18N4O3S/c1-11(10-18-8-2-7-17-18)14(19)16-9-12-3-5-13(6-4-12)22(15,20)21/h2-8,11H,9-10H2,1H3,(H,16,19)(H2,15,20,21). The van der Waals surface area contributed by atoms with Crippen molar-refractivity contribution < 1.29 is 13.2 Å². The van der Waals surface area contributed by atoms with Crippen molar-refractivity contribution in [3.63, 3.8) is 0 Å². The van der Waals surface area contributed by atoms with Gasteiger partial charge in [0.2, 0.25) is 15.9 Å². The molecule has 0 aliphatic carbocycles. The molecule has 118 valence electrons. The van der Waals surface area contributed by atoms with Gasteiger partial charge in [-0.1, -0.05) is 19.1 Å². The van der Waals surface area contributed by atoms with E-state index in [9.17, 15) is 13.2 Å². The van der Waals surface area contributed by atoms with Crippen LogP contribution >= 0.6 is 0 Å². The first kappa shape index (κ1) is 16.2. The maximum atomic E-state index is 12.0. The Balaban J connectivity index is 1.88. The summed E-state index contributed by atoms with van der Waals surface area (Å²) in [7, 11) is -3.69. The van der Waals surface area contributed by atoms with E-state index in [1.54, 1.807) is 35.3 Å². The summed E-state index contributed by atoms with van der Waals surface area (Å²) >= 11 is 0. The van der Waals surface area contributed by atoms with Crippen LogP contribution in [0.2, 0.25) is 0 Å². The zero-order valence-corrected chi connectivity index (χ0v) is 13.0. The summed E-state index contributed by atoms with van der Waals surface area (Å²) in [6.45, 7) is 2.65. The highest BCUT2D eigenvalue weighted by molar-refractivity contribution is 7.89. The van der Waals surface area contributed by atoms with Crippen molar-refractivity contribution >= 4 is 15.9 Å². The van der Waals surface area contributed by atoms with Crippen molar-refractivity contribution in [1.29, 1.82) is 0 Å². The Morgan fingerprint density at radius 1 is 1.36 bits per heavy atom. The van der Waals surface area contributed by atoms with E-state index < -0.39 is 10.0 Å². The first-order valence-electron chi connectivity index (χ1n) is 6.73. The number of hydrogen-bond donors (Lipinski definition) is 2. The lowest BCUT2D eigenvalue weighted by Crippen LogP contribution is -2.31. The van der Waals surface area contributed by atoms with Crippen LogP contribution in [0.15, 0.2) is 47.6 Å². The van der Waals surface area contributed by atoms with Gasteiger partial charge in [0.1, 0.15) is 0 Å². The van der Waals surface area contributed by atoms with Gasteiger partial charge in [-0.2, -0.15) is 5.10 Å². The topological polar surface area (TPSA) is 107 Å². The van der Waals surface area contributed by atoms with E-state index in [4.69, 9.17) is 5.14 Å². The van der Waals surface area contributed by atoms with Gasteiger partial charge in [0, 0.05) is 18.9 Å². The lowest BCUT2D eigenvalue weighted by Gasteiger charge is -2.12. The van der Waals surface area contributed by atoms with Gasteiger partial charge in [-0.25, -0.2) is 13.6 Å². The van der Waals surface area contributed by atoms with Crippen LogP contribution in [0, 0.1) is 5.92 Å². The summed E-state index contributed by atoms with van der Waals surface area (Å²) in [6, 6.07) is 7.89. The molecule has 1 heterocycles. The van der Waals surface area contributed by atoms with Gasteiger partial charge in [0.25, 0.3) is 0 Å². The van der Waals surface area contributed by atoms with Gasteiger partial charge in [0.15, 0.2) is 0 Å². The van der Waals surface area contributed by atoms with Crippen LogP contribution in [0.5, 0.6) is 0 Å². The van der Waals surface area contributed by atoms with Gasteiger partial charge in [-0.3, -0.25) is 9.48 Å². The largest absolute Gasteiger partial charge is 0.352 e. The zero-order valence-electron chi connectivity index (χ0n) is 12.1. The van der Waals surface area contributed by atoms with Crippen LogP contribution in [-0.4, -0.2) is 24.1 Å². The van der Waals surface area contributed by atoms with Crippen molar-refractivity contribution in [3.05, 3.63) is 48.3 Å². The van der Waals surface area contributed by atoms with Crippen LogP contribution in [0.4, 0.5) is 0 Å². The summed E-state index contributed by atoms with van der Waals surface area (Å²) in [5.74, 6) is -0.311. The Kier molecular flexibility index (Phi) is 4.94. The summed E-state index contributed by atoms with van der Waals surface area (Å²) < 4.78 is 24.0. The van der Waals surface area contributed by atoms with E-state index in [1.165, 1.54) is 12.1 Å². The quantitative estimate of drug-likeness (QED) is 0.806. The highest BCUT2D eigenvalue weighted by Crippen LogP contribution is 2.09. The van der Waals surface area contributed by atoms with E-state index in [1.807, 2.05) is 6.92 Å². The van der Waals surface area contributed by atoms with Crippen LogP contribution in [0.3, 0.4) is 0 Å². The van der Waals surface area contributed by atoms with Gasteiger partial charge >= 0.3 is 0 Å². The van der Waals surface area contributed by atoms with Gasteiger partial charge < -0.3 is 5.32 Å². The molecule has 0 aliphatic heterocycles. The Morgan fingerprint density at radius 2 is 2.05 bits per heavy atom. The number of benzene rings is 1. The Morgan fingerprint density at radius 3 is 2.59 bits per heavy atom. The number of carbonyl (C=O) groups excluding carboxylic acids is 1. The van der Waals surface area contributed by atoms with Crippen LogP contribution < -0.4 is 10.5 Å². The maximum absolute atomic E-state index is 12.0. The Labute approximate surface area is 129 Å². The number of hydrogen-bond acceptors (Lipinski definition) is 4. The maximum Gasteiger partial charge on any atom is 0.238 e. The lowest BCUT2D eigenvalue weighted by molar-refractivity contribution is -0.125. The molecule has 8 heteroatoms. The van der Waals surface area contributed by atoms with Crippen molar-refractivity contribution in [2.75, 3.05) is 0 Å². The minimum absolute atomic E-state index is 0.0506. The third kappa shape index (κ3) is 4.40. The summed E-state index contributed by atoms with van der Waals surface area (Å²) in [5, 5.41) is 11.9. The molecule has 0 spiro atoms. The number of nitrogens with zero attached hydrogens (tertiary/aromatic N) is 2. The fourth-order valence-electron chi connectivity index (χ4n) is 1.93. The molecule has 3 N–H and O–H groups in total. The molecule has 22 heavy (non-hydrogen) atoms. The molecule has 0 bridgehead atoms. The third-order valence-corrected chi connectivity index (χ3v) is 4.12. The van der Waals surface area contributed by atoms with Gasteiger partial charge in [0.05, 0.1) is 17.4 Å². The number of primary sulfonamides is 1. The highest BCUT2D eigenvalue weighted by atomic mass is 32.2. The zero-order chi connectivity index (χ0) is 16.2. The molecule has 1 atom stereocenters. The molecule has 2 aromatic rings. The Bertz CT molecular complexity index is 724. The number of carbonyl (C=O) groups is 1. The number of aromatic nitrogens is 2. The lowest BCUT2D eigenvalue weighted by atomic mass is 10.1. The van der Waals surface area contributed by atoms with Crippen molar-refractivity contribution in [3.8, 4) is 0 Å². The molecule has 0 saturated heterocycles.